The van der Waals surface area contributed by atoms with Crippen LogP contribution in [0, 0.1) is 6.92 Å². The number of anilines is 2. The fourth-order valence-corrected chi connectivity index (χ4v) is 3.35. The van der Waals surface area contributed by atoms with Gasteiger partial charge in [-0.25, -0.2) is 4.79 Å². The first-order valence-corrected chi connectivity index (χ1v) is 11.2. The van der Waals surface area contributed by atoms with Gasteiger partial charge in [0.1, 0.15) is 5.75 Å². The lowest BCUT2D eigenvalue weighted by Crippen LogP contribution is -2.26. The maximum Gasteiger partial charge on any atom is 0.323 e. The van der Waals surface area contributed by atoms with E-state index in [1.807, 2.05) is 31.2 Å². The third-order valence-corrected chi connectivity index (χ3v) is 5.16. The van der Waals surface area contributed by atoms with Crippen molar-refractivity contribution < 1.29 is 24.2 Å². The summed E-state index contributed by atoms with van der Waals surface area (Å²) < 4.78 is 5.39. The first-order chi connectivity index (χ1) is 15.9. The second-order valence-corrected chi connectivity index (χ2v) is 7.87. The molecule has 0 saturated carbocycles. The van der Waals surface area contributed by atoms with Crippen LogP contribution < -0.4 is 20.7 Å². The molecule has 4 N–H and O–H groups in total. The fraction of sp³-hybridized carbons (Fsp3) is 0.400. The van der Waals surface area contributed by atoms with Crippen molar-refractivity contribution in [2.75, 3.05) is 24.3 Å². The molecule has 0 aliphatic heterocycles. The highest BCUT2D eigenvalue weighted by atomic mass is 16.5. The molecule has 0 bridgehead atoms. The Labute approximate surface area is 194 Å². The summed E-state index contributed by atoms with van der Waals surface area (Å²) >= 11 is 0. The van der Waals surface area contributed by atoms with E-state index in [-0.39, 0.29) is 24.8 Å². The average Bonchev–Trinajstić information content (AvgIpc) is 2.78. The van der Waals surface area contributed by atoms with Crippen LogP contribution in [0.15, 0.2) is 42.5 Å². The number of amides is 3. The van der Waals surface area contributed by atoms with Crippen LogP contribution in [0.3, 0.4) is 0 Å². The number of ether oxygens (including phenoxy) is 1. The van der Waals surface area contributed by atoms with Crippen molar-refractivity contribution in [3.63, 3.8) is 0 Å². The zero-order valence-electron chi connectivity index (χ0n) is 19.3. The van der Waals surface area contributed by atoms with Gasteiger partial charge in [-0.2, -0.15) is 0 Å². The van der Waals surface area contributed by atoms with E-state index in [1.165, 1.54) is 7.11 Å². The van der Waals surface area contributed by atoms with E-state index in [0.29, 0.717) is 24.4 Å². The molecule has 2 aromatic rings. The fourth-order valence-electron chi connectivity index (χ4n) is 3.35. The standard InChI is InChI=1S/C25H33N3O5/c1-18-10-7-8-11-20(18)27-25(32)28-21-14-13-19(16-22(21)33-2)17-23(29)26-15-9-5-3-4-6-12-24(30)31/h7-8,10-11,13-14,16H,3-6,9,12,15,17H2,1-2H3,(H,26,29)(H,30,31)(H2,27,28,32). The Balaban J connectivity index is 1.76. The van der Waals surface area contributed by atoms with Crippen LogP contribution in [-0.4, -0.2) is 36.7 Å². The highest BCUT2D eigenvalue weighted by Gasteiger charge is 2.11. The van der Waals surface area contributed by atoms with Crippen LogP contribution in [0.5, 0.6) is 5.75 Å². The molecule has 0 atom stereocenters. The number of benzene rings is 2. The Hall–Kier alpha value is -3.55. The van der Waals surface area contributed by atoms with Crippen LogP contribution in [0.4, 0.5) is 16.2 Å². The maximum atomic E-state index is 12.4. The third kappa shape index (κ3) is 9.64. The van der Waals surface area contributed by atoms with Crippen molar-refractivity contribution in [2.24, 2.45) is 0 Å². The van der Waals surface area contributed by atoms with E-state index >= 15 is 0 Å². The number of nitrogens with one attached hydrogen (secondary N) is 3. The predicted molar refractivity (Wildman–Crippen MR) is 129 cm³/mol. The van der Waals surface area contributed by atoms with Crippen molar-refractivity contribution in [3.8, 4) is 5.75 Å². The molecular formula is C25H33N3O5. The van der Waals surface area contributed by atoms with Crippen LogP contribution >= 0.6 is 0 Å². The third-order valence-electron chi connectivity index (χ3n) is 5.16. The second kappa shape index (κ2) is 13.8. The highest BCUT2D eigenvalue weighted by molar-refractivity contribution is 6.01. The van der Waals surface area contributed by atoms with E-state index in [0.717, 1.165) is 42.5 Å². The number of aliphatic carboxylic acids is 1. The summed E-state index contributed by atoms with van der Waals surface area (Å²) in [5.41, 5.74) is 2.97. The van der Waals surface area contributed by atoms with Gasteiger partial charge in [-0.15, -0.1) is 0 Å². The molecule has 2 aromatic carbocycles. The maximum absolute atomic E-state index is 12.4. The van der Waals surface area contributed by atoms with E-state index in [4.69, 9.17) is 9.84 Å². The summed E-state index contributed by atoms with van der Waals surface area (Å²) in [7, 11) is 1.51. The number of para-hydroxylation sites is 1. The van der Waals surface area contributed by atoms with Gasteiger partial charge in [0.25, 0.3) is 0 Å². The summed E-state index contributed by atoms with van der Waals surface area (Å²) in [6.45, 7) is 2.51. The molecule has 33 heavy (non-hydrogen) atoms. The number of unbranched alkanes of at least 4 members (excludes halogenated alkanes) is 4. The van der Waals surface area contributed by atoms with Crippen LogP contribution in [-0.2, 0) is 16.0 Å². The average molecular weight is 456 g/mol. The molecule has 0 radical (unpaired) electrons. The number of hydrogen-bond donors (Lipinski definition) is 4. The number of carboxylic acid groups (broad SMARTS) is 1. The molecule has 8 heteroatoms. The van der Waals surface area contributed by atoms with Crippen LogP contribution in [0.25, 0.3) is 0 Å². The Bertz CT molecular complexity index is 945. The van der Waals surface area contributed by atoms with Gasteiger partial charge in [0.05, 0.1) is 19.2 Å². The smallest absolute Gasteiger partial charge is 0.323 e. The van der Waals surface area contributed by atoms with E-state index in [2.05, 4.69) is 16.0 Å². The van der Waals surface area contributed by atoms with Crippen molar-refractivity contribution in [2.45, 2.75) is 51.9 Å². The summed E-state index contributed by atoms with van der Waals surface area (Å²) in [4.78, 5) is 35.0. The second-order valence-electron chi connectivity index (χ2n) is 7.87. The van der Waals surface area contributed by atoms with Gasteiger partial charge < -0.3 is 25.8 Å². The normalized spacial score (nSPS) is 10.4. The summed E-state index contributed by atoms with van der Waals surface area (Å²) in [5, 5.41) is 17.1. The molecule has 0 aliphatic carbocycles. The van der Waals surface area contributed by atoms with E-state index in [9.17, 15) is 14.4 Å². The minimum atomic E-state index is -0.756. The monoisotopic (exact) mass is 455 g/mol. The Morgan fingerprint density at radius 2 is 1.61 bits per heavy atom. The highest BCUT2D eigenvalue weighted by Crippen LogP contribution is 2.26. The van der Waals surface area contributed by atoms with Gasteiger partial charge in [0, 0.05) is 18.7 Å². The molecule has 0 unspecified atom stereocenters. The first-order valence-electron chi connectivity index (χ1n) is 11.2. The number of aryl methyl sites for hydroxylation is 1. The Kier molecular flexibility index (Phi) is 10.7. The molecule has 0 fully saturated rings. The number of rotatable bonds is 13. The van der Waals surface area contributed by atoms with Crippen molar-refractivity contribution in [3.05, 3.63) is 53.6 Å². The van der Waals surface area contributed by atoms with Gasteiger partial charge in [-0.1, -0.05) is 43.5 Å². The number of carbonyl (C=O) groups excluding carboxylic acids is 2. The molecule has 2 rings (SSSR count). The molecule has 8 nitrogen and oxygen atoms in total. The van der Waals surface area contributed by atoms with Crippen molar-refractivity contribution in [1.29, 1.82) is 0 Å². The van der Waals surface area contributed by atoms with E-state index in [1.54, 1.807) is 18.2 Å². The van der Waals surface area contributed by atoms with Gasteiger partial charge in [-0.3, -0.25) is 9.59 Å². The van der Waals surface area contributed by atoms with Crippen LogP contribution in [0.2, 0.25) is 0 Å². The lowest BCUT2D eigenvalue weighted by atomic mass is 10.1. The predicted octanol–water partition coefficient (Wildman–Crippen LogP) is 4.73. The summed E-state index contributed by atoms with van der Waals surface area (Å²) in [6, 6.07) is 12.4. The Morgan fingerprint density at radius 3 is 2.33 bits per heavy atom. The molecule has 0 saturated heterocycles. The van der Waals surface area contributed by atoms with E-state index < -0.39 is 5.97 Å². The van der Waals surface area contributed by atoms with Crippen molar-refractivity contribution >= 4 is 29.3 Å². The van der Waals surface area contributed by atoms with Gasteiger partial charge in [0.15, 0.2) is 0 Å². The molecule has 0 aliphatic rings. The van der Waals surface area contributed by atoms with Gasteiger partial charge in [0.2, 0.25) is 5.91 Å². The zero-order chi connectivity index (χ0) is 24.1. The number of hydrogen-bond acceptors (Lipinski definition) is 4. The largest absolute Gasteiger partial charge is 0.495 e. The lowest BCUT2D eigenvalue weighted by molar-refractivity contribution is -0.137. The molecular weight excluding hydrogens is 422 g/mol. The first kappa shape index (κ1) is 25.7. The molecule has 0 spiro atoms. The topological polar surface area (TPSA) is 117 Å². The minimum absolute atomic E-state index is 0.0825. The van der Waals surface area contributed by atoms with Crippen LogP contribution in [0.1, 0.15) is 49.7 Å². The number of carboxylic acids is 1. The molecule has 0 heterocycles. The van der Waals surface area contributed by atoms with Gasteiger partial charge >= 0.3 is 12.0 Å². The molecule has 178 valence electrons. The molecule has 3 amide bonds. The Morgan fingerprint density at radius 1 is 0.909 bits per heavy atom. The summed E-state index contributed by atoms with van der Waals surface area (Å²) in [6.07, 6.45) is 4.80. The zero-order valence-corrected chi connectivity index (χ0v) is 19.3. The quantitative estimate of drug-likeness (QED) is 0.326. The lowest BCUT2D eigenvalue weighted by Gasteiger charge is -2.13. The number of methoxy groups -OCH3 is 1. The SMILES string of the molecule is COc1cc(CC(=O)NCCCCCCCC(=O)O)ccc1NC(=O)Nc1ccccc1C. The number of urea groups is 1. The van der Waals surface area contributed by atoms with Crippen molar-refractivity contribution in [1.82, 2.24) is 5.32 Å². The van der Waals surface area contributed by atoms with Gasteiger partial charge in [-0.05, 0) is 49.1 Å². The summed E-state index contributed by atoms with van der Waals surface area (Å²) in [5.74, 6) is -0.365. The number of carbonyl (C=O) groups is 3. The minimum Gasteiger partial charge on any atom is -0.495 e. The molecule has 0 aromatic heterocycles.